The molecule has 0 radical (unpaired) electrons. The van der Waals surface area contributed by atoms with Crippen LogP contribution in [0.1, 0.15) is 25.7 Å². The molecule has 5 aromatic carbocycles. The molecule has 1 nitrogen and oxygen atoms in total. The quantitative estimate of drug-likeness (QED) is 0.0904. The molecule has 4 heteroatoms. The second-order valence-corrected chi connectivity index (χ2v) is 27.1. The Hall–Kier alpha value is -2.73. The van der Waals surface area contributed by atoms with E-state index in [1.165, 1.54) is 20.5 Å². The predicted molar refractivity (Wildman–Crippen MR) is 178 cm³/mol. The number of thioether (sulfide) groups is 2. The summed E-state index contributed by atoms with van der Waals surface area (Å²) in [5.41, 5.74) is 0. The van der Waals surface area contributed by atoms with Gasteiger partial charge in [0.1, 0.15) is 0 Å². The van der Waals surface area contributed by atoms with Crippen LogP contribution in [0, 0.1) is 5.92 Å². The SMILES string of the molecule is O=C1CCCC([C](Sc2ccccc2)(Sc2ccccc2)[Sn]([c]2ccccc2)([c]2ccccc2)[c]2ccccc2)C1. The van der Waals surface area contributed by atoms with Gasteiger partial charge in [-0.15, -0.1) is 0 Å². The molecular formula is C37H34OS2Sn. The molecule has 1 saturated carbocycles. The molecule has 0 amide bonds. The third kappa shape index (κ3) is 5.69. The Balaban J connectivity index is 1.77. The van der Waals surface area contributed by atoms with Crippen molar-refractivity contribution in [3.63, 3.8) is 0 Å². The summed E-state index contributed by atoms with van der Waals surface area (Å²) < 4.78 is 4.05. The zero-order chi connectivity index (χ0) is 28.0. The van der Waals surface area contributed by atoms with Gasteiger partial charge in [0.15, 0.2) is 0 Å². The molecule has 0 aliphatic heterocycles. The van der Waals surface area contributed by atoms with Crippen molar-refractivity contribution < 1.29 is 4.79 Å². The van der Waals surface area contributed by atoms with Crippen LogP contribution in [0.2, 0.25) is 0 Å². The van der Waals surface area contributed by atoms with Crippen LogP contribution in [0.5, 0.6) is 0 Å². The van der Waals surface area contributed by atoms with Crippen LogP contribution >= 0.6 is 23.5 Å². The van der Waals surface area contributed by atoms with Gasteiger partial charge in [-0.3, -0.25) is 0 Å². The molecule has 204 valence electrons. The van der Waals surface area contributed by atoms with E-state index >= 15 is 0 Å². The van der Waals surface area contributed by atoms with E-state index in [1.54, 1.807) is 0 Å². The monoisotopic (exact) mass is 678 g/mol. The second kappa shape index (κ2) is 13.1. The number of Topliss-reactive ketones (excluding diaryl/α,β-unsaturated/α-hetero) is 1. The standard InChI is InChI=1S/C19H19OS2.3C6H5.Sn/c20-16-9-7-8-15(14-16)19(21-17-10-3-1-4-11-17)22-18-12-5-2-6-13-18;3*1-2-4-6-5-3-1;/h1-6,10-13,15H,7-9,14H2;3*1-5H;. The Kier molecular flexibility index (Phi) is 9.04. The van der Waals surface area contributed by atoms with Crippen molar-refractivity contribution in [3.05, 3.63) is 152 Å². The van der Waals surface area contributed by atoms with Gasteiger partial charge in [0.2, 0.25) is 0 Å². The molecular weight excluding hydrogens is 643 g/mol. The summed E-state index contributed by atoms with van der Waals surface area (Å²) >= 11 is -0.0347. The van der Waals surface area contributed by atoms with Crippen LogP contribution in [-0.4, -0.2) is 26.3 Å². The molecule has 0 spiro atoms. The Labute approximate surface area is 256 Å². The molecule has 5 aromatic rings. The van der Waals surface area contributed by atoms with Crippen molar-refractivity contribution in [2.75, 3.05) is 0 Å². The molecule has 1 aliphatic rings. The molecule has 0 aromatic heterocycles. The van der Waals surface area contributed by atoms with Gasteiger partial charge >= 0.3 is 258 Å². The molecule has 1 atom stereocenters. The maximum atomic E-state index is 13.4. The average molecular weight is 678 g/mol. The van der Waals surface area contributed by atoms with Gasteiger partial charge in [-0.05, 0) is 0 Å². The van der Waals surface area contributed by atoms with E-state index in [0.717, 1.165) is 12.8 Å². The van der Waals surface area contributed by atoms with E-state index in [0.29, 0.717) is 18.6 Å². The predicted octanol–water partition coefficient (Wildman–Crippen LogP) is 7.74. The molecule has 1 fully saturated rings. The van der Waals surface area contributed by atoms with Gasteiger partial charge < -0.3 is 0 Å². The van der Waals surface area contributed by atoms with E-state index in [1.807, 2.05) is 23.5 Å². The summed E-state index contributed by atoms with van der Waals surface area (Å²) in [6.07, 6.45) is 3.33. The number of ketones is 1. The minimum absolute atomic E-state index is 0.218. The summed E-state index contributed by atoms with van der Waals surface area (Å²) in [4.78, 5) is 15.9. The van der Waals surface area contributed by atoms with Gasteiger partial charge in [-0.2, -0.15) is 0 Å². The van der Waals surface area contributed by atoms with Crippen molar-refractivity contribution in [2.45, 2.75) is 37.6 Å². The first-order valence-electron chi connectivity index (χ1n) is 14.4. The third-order valence-corrected chi connectivity index (χ3v) is 31.3. The zero-order valence-electron chi connectivity index (χ0n) is 23.1. The van der Waals surface area contributed by atoms with Gasteiger partial charge in [0.05, 0.1) is 0 Å². The average Bonchev–Trinajstić information content (AvgIpc) is 3.04. The van der Waals surface area contributed by atoms with Crippen LogP contribution in [0.25, 0.3) is 0 Å². The van der Waals surface area contributed by atoms with Crippen LogP contribution in [-0.2, 0) is 4.79 Å². The first-order chi connectivity index (χ1) is 20.2. The maximum absolute atomic E-state index is 13.4. The fourth-order valence-electron chi connectivity index (χ4n) is 6.49. The number of carbonyl (C=O) groups is 1. The first-order valence-corrected chi connectivity index (χ1v) is 21.7. The Morgan fingerprint density at radius 3 is 1.27 bits per heavy atom. The van der Waals surface area contributed by atoms with E-state index in [2.05, 4.69) is 152 Å². The van der Waals surface area contributed by atoms with E-state index < -0.39 is 18.4 Å². The van der Waals surface area contributed by atoms with Crippen molar-refractivity contribution in [1.82, 2.24) is 0 Å². The summed E-state index contributed by atoms with van der Waals surface area (Å²) in [5.74, 6) is 0.623. The molecule has 0 N–H and O–H groups in total. The van der Waals surface area contributed by atoms with Gasteiger partial charge in [-0.25, -0.2) is 0 Å². The number of rotatable bonds is 9. The van der Waals surface area contributed by atoms with E-state index in [-0.39, 0.29) is 8.01 Å². The van der Waals surface area contributed by atoms with E-state index in [4.69, 9.17) is 0 Å². The molecule has 0 heterocycles. The van der Waals surface area contributed by atoms with Crippen molar-refractivity contribution in [2.24, 2.45) is 5.92 Å². The van der Waals surface area contributed by atoms with Crippen LogP contribution in [0.4, 0.5) is 0 Å². The molecule has 0 saturated heterocycles. The molecule has 1 unspecified atom stereocenters. The second-order valence-electron chi connectivity index (χ2n) is 10.7. The van der Waals surface area contributed by atoms with Crippen molar-refractivity contribution in [3.8, 4) is 0 Å². The fraction of sp³-hybridized carbons (Fsp3) is 0.162. The zero-order valence-corrected chi connectivity index (χ0v) is 27.6. The van der Waals surface area contributed by atoms with Crippen molar-refractivity contribution in [1.29, 1.82) is 0 Å². The first kappa shape index (κ1) is 28.4. The van der Waals surface area contributed by atoms with Crippen LogP contribution in [0.15, 0.2) is 161 Å². The van der Waals surface area contributed by atoms with Gasteiger partial charge in [-0.1, -0.05) is 0 Å². The molecule has 0 bridgehead atoms. The fourth-order valence-corrected chi connectivity index (χ4v) is 33.6. The Morgan fingerprint density at radius 2 is 0.902 bits per heavy atom. The Bertz CT molecular complexity index is 1410. The topological polar surface area (TPSA) is 17.1 Å². The summed E-state index contributed by atoms with van der Waals surface area (Å²) in [6.45, 7) is 0. The van der Waals surface area contributed by atoms with E-state index in [9.17, 15) is 4.79 Å². The normalized spacial score (nSPS) is 15.9. The molecule has 1 aliphatic carbocycles. The molecule has 41 heavy (non-hydrogen) atoms. The van der Waals surface area contributed by atoms with Crippen LogP contribution < -0.4 is 10.7 Å². The summed E-state index contributed by atoms with van der Waals surface area (Å²) in [6, 6.07) is 55.8. The minimum atomic E-state index is -4.10. The number of hydrogen-bond donors (Lipinski definition) is 0. The summed E-state index contributed by atoms with van der Waals surface area (Å²) in [7, 11) is 0. The van der Waals surface area contributed by atoms with Gasteiger partial charge in [0.25, 0.3) is 0 Å². The van der Waals surface area contributed by atoms with Crippen LogP contribution in [0.3, 0.4) is 0 Å². The molecule has 6 rings (SSSR count). The number of hydrogen-bond acceptors (Lipinski definition) is 3. The number of benzene rings is 5. The van der Waals surface area contributed by atoms with Crippen molar-refractivity contribution >= 4 is 58.4 Å². The van der Waals surface area contributed by atoms with Gasteiger partial charge in [0, 0.05) is 0 Å². The summed E-state index contributed by atoms with van der Waals surface area (Å²) in [5, 5.41) is 0. The Morgan fingerprint density at radius 1 is 0.537 bits per heavy atom. The number of carbonyl (C=O) groups excluding carboxylic acids is 1. The third-order valence-electron chi connectivity index (χ3n) is 8.19.